The van der Waals surface area contributed by atoms with Gasteiger partial charge >= 0.3 is 0 Å². The number of rotatable bonds is 10. The van der Waals surface area contributed by atoms with Gasteiger partial charge in [0, 0.05) is 6.42 Å². The summed E-state index contributed by atoms with van der Waals surface area (Å²) in [7, 11) is 0. The van der Waals surface area contributed by atoms with E-state index >= 15 is 0 Å². The molecular formula is C15H32O2. The summed E-state index contributed by atoms with van der Waals surface area (Å²) in [4.78, 5) is 0. The van der Waals surface area contributed by atoms with Crippen LogP contribution in [0.1, 0.15) is 80.1 Å². The summed E-state index contributed by atoms with van der Waals surface area (Å²) in [6.45, 7) is 12.6. The molecule has 0 aliphatic heterocycles. The Morgan fingerprint density at radius 2 is 1.29 bits per heavy atom. The standard InChI is InChI=1S/C15H32O2/c1-7-8-9-10-11-12-15(6,16-13(2)3)17-14(4)5/h13-14H,7-12H2,1-6H3. The molecule has 0 unspecified atom stereocenters. The Kier molecular flexibility index (Phi) is 8.89. The molecule has 0 saturated heterocycles. The van der Waals surface area contributed by atoms with Crippen LogP contribution in [0, 0.1) is 0 Å². The molecule has 0 aromatic heterocycles. The predicted molar refractivity (Wildman–Crippen MR) is 74.2 cm³/mol. The van der Waals surface area contributed by atoms with Gasteiger partial charge in [-0.25, -0.2) is 0 Å². The molecule has 0 atom stereocenters. The highest BCUT2D eigenvalue weighted by Gasteiger charge is 2.27. The zero-order valence-corrected chi connectivity index (χ0v) is 12.7. The van der Waals surface area contributed by atoms with Gasteiger partial charge in [0.25, 0.3) is 0 Å². The smallest absolute Gasteiger partial charge is 0.166 e. The van der Waals surface area contributed by atoms with Crippen LogP contribution in [0.25, 0.3) is 0 Å². The summed E-state index contributed by atoms with van der Waals surface area (Å²) in [5.74, 6) is -0.408. The molecule has 0 fully saturated rings. The van der Waals surface area contributed by atoms with E-state index in [0.29, 0.717) is 0 Å². The fourth-order valence-electron chi connectivity index (χ4n) is 2.19. The molecular weight excluding hydrogens is 212 g/mol. The third-order valence-corrected chi connectivity index (χ3v) is 2.70. The molecule has 0 spiro atoms. The van der Waals surface area contributed by atoms with Gasteiger partial charge in [0.2, 0.25) is 0 Å². The first kappa shape index (κ1) is 16.9. The van der Waals surface area contributed by atoms with Gasteiger partial charge in [-0.15, -0.1) is 0 Å². The van der Waals surface area contributed by atoms with Crippen LogP contribution in [-0.4, -0.2) is 18.0 Å². The fraction of sp³-hybridized carbons (Fsp3) is 1.00. The topological polar surface area (TPSA) is 18.5 Å². The zero-order valence-electron chi connectivity index (χ0n) is 12.7. The van der Waals surface area contributed by atoms with E-state index in [0.717, 1.165) is 6.42 Å². The van der Waals surface area contributed by atoms with Crippen molar-refractivity contribution in [1.82, 2.24) is 0 Å². The second-order valence-electron chi connectivity index (χ2n) is 5.63. The van der Waals surface area contributed by atoms with Gasteiger partial charge in [0.05, 0.1) is 12.2 Å². The van der Waals surface area contributed by atoms with Crippen LogP contribution in [0.4, 0.5) is 0 Å². The minimum absolute atomic E-state index is 0.217. The maximum Gasteiger partial charge on any atom is 0.166 e. The van der Waals surface area contributed by atoms with Crippen molar-refractivity contribution in [3.05, 3.63) is 0 Å². The molecule has 0 rings (SSSR count). The van der Waals surface area contributed by atoms with Gasteiger partial charge < -0.3 is 9.47 Å². The Balaban J connectivity index is 4.00. The lowest BCUT2D eigenvalue weighted by Gasteiger charge is -2.34. The van der Waals surface area contributed by atoms with Gasteiger partial charge in [-0.3, -0.25) is 0 Å². The largest absolute Gasteiger partial charge is 0.348 e. The van der Waals surface area contributed by atoms with Crippen molar-refractivity contribution in [2.45, 2.75) is 98.1 Å². The van der Waals surface area contributed by atoms with E-state index in [1.54, 1.807) is 0 Å². The maximum absolute atomic E-state index is 5.93. The quantitative estimate of drug-likeness (QED) is 0.401. The highest BCUT2D eigenvalue weighted by Crippen LogP contribution is 2.24. The molecule has 0 aromatic carbocycles. The first-order chi connectivity index (χ1) is 7.89. The number of hydrogen-bond donors (Lipinski definition) is 0. The van der Waals surface area contributed by atoms with Crippen molar-refractivity contribution in [2.75, 3.05) is 0 Å². The third-order valence-electron chi connectivity index (χ3n) is 2.70. The zero-order chi connectivity index (χ0) is 13.3. The SMILES string of the molecule is CCCCCCCC(C)(OC(C)C)OC(C)C. The molecule has 0 heterocycles. The van der Waals surface area contributed by atoms with Gasteiger partial charge in [0.15, 0.2) is 5.79 Å². The van der Waals surface area contributed by atoms with Crippen molar-refractivity contribution in [3.63, 3.8) is 0 Å². The van der Waals surface area contributed by atoms with Crippen LogP contribution in [0.2, 0.25) is 0 Å². The van der Waals surface area contributed by atoms with Crippen molar-refractivity contribution >= 4 is 0 Å². The van der Waals surface area contributed by atoms with Gasteiger partial charge in [0.1, 0.15) is 0 Å². The Hall–Kier alpha value is -0.0800. The number of unbranched alkanes of at least 4 members (excludes halogenated alkanes) is 4. The van der Waals surface area contributed by atoms with Crippen molar-refractivity contribution in [3.8, 4) is 0 Å². The summed E-state index contributed by atoms with van der Waals surface area (Å²) in [5, 5.41) is 0. The molecule has 0 bridgehead atoms. The molecule has 0 N–H and O–H groups in total. The van der Waals surface area contributed by atoms with Crippen LogP contribution in [0.5, 0.6) is 0 Å². The minimum atomic E-state index is -0.408. The Labute approximate surface area is 108 Å². The summed E-state index contributed by atoms with van der Waals surface area (Å²) < 4.78 is 11.9. The van der Waals surface area contributed by atoms with Crippen molar-refractivity contribution < 1.29 is 9.47 Å². The lowest BCUT2D eigenvalue weighted by Crippen LogP contribution is -2.37. The second-order valence-corrected chi connectivity index (χ2v) is 5.63. The number of ether oxygens (including phenoxy) is 2. The van der Waals surface area contributed by atoms with E-state index < -0.39 is 5.79 Å². The summed E-state index contributed by atoms with van der Waals surface area (Å²) in [6.07, 6.45) is 7.86. The Morgan fingerprint density at radius 1 is 0.824 bits per heavy atom. The van der Waals surface area contributed by atoms with E-state index in [4.69, 9.17) is 9.47 Å². The van der Waals surface area contributed by atoms with Crippen LogP contribution < -0.4 is 0 Å². The molecule has 0 saturated carbocycles. The summed E-state index contributed by atoms with van der Waals surface area (Å²) in [6, 6.07) is 0. The summed E-state index contributed by atoms with van der Waals surface area (Å²) >= 11 is 0. The Bertz CT molecular complexity index is 166. The van der Waals surface area contributed by atoms with E-state index in [9.17, 15) is 0 Å². The highest BCUT2D eigenvalue weighted by molar-refractivity contribution is 4.66. The molecule has 0 aliphatic rings. The molecule has 104 valence electrons. The minimum Gasteiger partial charge on any atom is -0.348 e. The van der Waals surface area contributed by atoms with Crippen molar-refractivity contribution in [2.24, 2.45) is 0 Å². The average molecular weight is 244 g/mol. The Morgan fingerprint density at radius 3 is 1.71 bits per heavy atom. The van der Waals surface area contributed by atoms with E-state index in [2.05, 4.69) is 41.5 Å². The highest BCUT2D eigenvalue weighted by atomic mass is 16.7. The molecule has 0 aliphatic carbocycles. The van der Waals surface area contributed by atoms with E-state index in [1.165, 1.54) is 32.1 Å². The first-order valence-electron chi connectivity index (χ1n) is 7.25. The van der Waals surface area contributed by atoms with Crippen LogP contribution in [0.3, 0.4) is 0 Å². The fourth-order valence-corrected chi connectivity index (χ4v) is 2.19. The molecule has 0 amide bonds. The van der Waals surface area contributed by atoms with Gasteiger partial charge in [-0.05, 0) is 41.0 Å². The maximum atomic E-state index is 5.93. The lowest BCUT2D eigenvalue weighted by atomic mass is 10.1. The molecule has 0 radical (unpaired) electrons. The monoisotopic (exact) mass is 244 g/mol. The first-order valence-corrected chi connectivity index (χ1v) is 7.25. The number of hydrogen-bond acceptors (Lipinski definition) is 2. The lowest BCUT2D eigenvalue weighted by molar-refractivity contribution is -0.261. The second kappa shape index (κ2) is 8.93. The van der Waals surface area contributed by atoms with Gasteiger partial charge in [-0.1, -0.05) is 32.6 Å². The average Bonchev–Trinajstić information content (AvgIpc) is 2.14. The van der Waals surface area contributed by atoms with Crippen LogP contribution in [0.15, 0.2) is 0 Å². The molecule has 17 heavy (non-hydrogen) atoms. The normalized spacial score (nSPS) is 12.7. The molecule has 2 nitrogen and oxygen atoms in total. The molecule has 2 heteroatoms. The van der Waals surface area contributed by atoms with Crippen LogP contribution in [-0.2, 0) is 9.47 Å². The third kappa shape index (κ3) is 9.61. The van der Waals surface area contributed by atoms with Crippen LogP contribution >= 0.6 is 0 Å². The predicted octanol–water partition coefficient (Wildman–Crippen LogP) is 4.91. The molecule has 0 aromatic rings. The van der Waals surface area contributed by atoms with E-state index in [1.807, 2.05) is 0 Å². The van der Waals surface area contributed by atoms with E-state index in [-0.39, 0.29) is 12.2 Å². The van der Waals surface area contributed by atoms with Gasteiger partial charge in [-0.2, -0.15) is 0 Å². The van der Waals surface area contributed by atoms with Crippen molar-refractivity contribution in [1.29, 1.82) is 0 Å². The summed E-state index contributed by atoms with van der Waals surface area (Å²) in [5.41, 5.74) is 0.